The molecule has 0 radical (unpaired) electrons. The van der Waals surface area contributed by atoms with Gasteiger partial charge in [0.05, 0.1) is 10.0 Å². The van der Waals surface area contributed by atoms with Crippen molar-refractivity contribution in [1.29, 1.82) is 0 Å². The normalized spacial score (nSPS) is 24.3. The molecule has 2 aromatic rings. The number of nitrogens with one attached hydrogen (secondary N) is 2. The van der Waals surface area contributed by atoms with Gasteiger partial charge < -0.3 is 20.3 Å². The molecule has 2 fully saturated rings. The van der Waals surface area contributed by atoms with Crippen LogP contribution in [0.3, 0.4) is 0 Å². The van der Waals surface area contributed by atoms with Gasteiger partial charge in [-0.15, -0.1) is 11.3 Å². The lowest BCUT2D eigenvalue weighted by Gasteiger charge is -2.19. The molecule has 2 aromatic heterocycles. The number of carbonyl (C=O) groups excluding carboxylic acids is 1. The van der Waals surface area contributed by atoms with E-state index in [4.69, 9.17) is 28.3 Å². The number of amides is 1. The van der Waals surface area contributed by atoms with Crippen molar-refractivity contribution in [2.24, 2.45) is 11.8 Å². The van der Waals surface area contributed by atoms with Gasteiger partial charge in [0.1, 0.15) is 5.69 Å². The van der Waals surface area contributed by atoms with Crippen LogP contribution >= 0.6 is 34.5 Å². The summed E-state index contributed by atoms with van der Waals surface area (Å²) in [4.78, 5) is 32.4. The van der Waals surface area contributed by atoms with Gasteiger partial charge in [0.15, 0.2) is 10.8 Å². The molecule has 0 aromatic carbocycles. The molecule has 10 heteroatoms. The number of aromatic carboxylic acids is 1. The SMILES string of the molecule is Cc1[nH]c(C(=O)N[C@H]2[C@@H]3CN(c4nc(C(=O)O)cs4)C[C@@H]32)c(Cl)c1Cl. The van der Waals surface area contributed by atoms with Crippen molar-refractivity contribution in [3.05, 3.63) is 32.5 Å². The van der Waals surface area contributed by atoms with Gasteiger partial charge in [-0.05, 0) is 6.92 Å². The molecule has 0 spiro atoms. The quantitative estimate of drug-likeness (QED) is 0.732. The van der Waals surface area contributed by atoms with Crippen LogP contribution in [-0.2, 0) is 0 Å². The molecule has 7 nitrogen and oxygen atoms in total. The first-order chi connectivity index (χ1) is 11.9. The summed E-state index contributed by atoms with van der Waals surface area (Å²) < 4.78 is 0. The molecular weight excluding hydrogens is 387 g/mol. The highest BCUT2D eigenvalue weighted by Crippen LogP contribution is 2.47. The highest BCUT2D eigenvalue weighted by Gasteiger charge is 2.57. The molecule has 3 heterocycles. The molecule has 1 amide bonds. The molecule has 4 rings (SSSR count). The van der Waals surface area contributed by atoms with Crippen molar-refractivity contribution in [1.82, 2.24) is 15.3 Å². The van der Waals surface area contributed by atoms with E-state index in [-0.39, 0.29) is 28.4 Å². The van der Waals surface area contributed by atoms with E-state index in [9.17, 15) is 9.59 Å². The molecule has 1 saturated carbocycles. The number of carboxylic acid groups (broad SMARTS) is 1. The van der Waals surface area contributed by atoms with Gasteiger partial charge in [-0.25, -0.2) is 9.78 Å². The van der Waals surface area contributed by atoms with E-state index in [1.807, 2.05) is 0 Å². The zero-order valence-corrected chi connectivity index (χ0v) is 15.4. The van der Waals surface area contributed by atoms with Crippen LogP contribution in [0.2, 0.25) is 10.0 Å². The van der Waals surface area contributed by atoms with Crippen LogP contribution < -0.4 is 10.2 Å². The predicted molar refractivity (Wildman–Crippen MR) is 95.1 cm³/mol. The number of aromatic amines is 1. The summed E-state index contributed by atoms with van der Waals surface area (Å²) in [7, 11) is 0. The summed E-state index contributed by atoms with van der Waals surface area (Å²) in [6, 6.07) is 0.0982. The first kappa shape index (κ1) is 16.7. The molecule has 1 aliphatic carbocycles. The Balaban J connectivity index is 1.37. The van der Waals surface area contributed by atoms with Gasteiger partial charge in [-0.2, -0.15) is 0 Å². The Morgan fingerprint density at radius 2 is 2.04 bits per heavy atom. The average molecular weight is 401 g/mol. The molecule has 3 N–H and O–H groups in total. The standard InChI is InChI=1S/C15H14Cl2N4O3S/c1-5-9(16)10(17)12(18-5)13(22)20-11-6-2-21(3-7(6)11)15-19-8(4-25-15)14(23)24/h4,6-7,11,18H,2-3H2,1H3,(H,20,22)(H,23,24)/t6-,7+,11+. The van der Waals surface area contributed by atoms with E-state index in [0.29, 0.717) is 27.7 Å². The van der Waals surface area contributed by atoms with Crippen LogP contribution in [0.4, 0.5) is 5.13 Å². The number of nitrogens with zero attached hydrogens (tertiary/aromatic N) is 2. The highest BCUT2D eigenvalue weighted by atomic mass is 35.5. The number of thiazole rings is 1. The van der Waals surface area contributed by atoms with Gasteiger partial charge in [-0.1, -0.05) is 23.2 Å². The number of rotatable bonds is 4. The Bertz CT molecular complexity index is 868. The Morgan fingerprint density at radius 3 is 2.56 bits per heavy atom. The monoisotopic (exact) mass is 400 g/mol. The Morgan fingerprint density at radius 1 is 1.36 bits per heavy atom. The highest BCUT2D eigenvalue weighted by molar-refractivity contribution is 7.13. The molecule has 25 heavy (non-hydrogen) atoms. The first-order valence-electron chi connectivity index (χ1n) is 7.65. The molecule has 0 bridgehead atoms. The van der Waals surface area contributed by atoms with Gasteiger partial charge in [0.2, 0.25) is 0 Å². The number of anilines is 1. The van der Waals surface area contributed by atoms with E-state index >= 15 is 0 Å². The van der Waals surface area contributed by atoms with Crippen LogP contribution in [0.25, 0.3) is 0 Å². The predicted octanol–water partition coefficient (Wildman–Crippen LogP) is 2.65. The molecule has 3 atom stereocenters. The van der Waals surface area contributed by atoms with E-state index in [1.54, 1.807) is 12.3 Å². The number of fused-ring (bicyclic) bond motifs is 1. The van der Waals surface area contributed by atoms with Crippen LogP contribution in [0, 0.1) is 18.8 Å². The number of carbonyl (C=O) groups is 2. The molecular formula is C15H14Cl2N4O3S. The van der Waals surface area contributed by atoms with Crippen LogP contribution in [0.5, 0.6) is 0 Å². The fraction of sp³-hybridized carbons (Fsp3) is 0.400. The van der Waals surface area contributed by atoms with Crippen molar-refractivity contribution in [3.63, 3.8) is 0 Å². The molecule has 0 unspecified atom stereocenters. The topological polar surface area (TPSA) is 98.3 Å². The maximum atomic E-state index is 12.4. The smallest absolute Gasteiger partial charge is 0.355 e. The molecule has 132 valence electrons. The minimum atomic E-state index is -1.02. The maximum Gasteiger partial charge on any atom is 0.355 e. The van der Waals surface area contributed by atoms with Crippen molar-refractivity contribution in [3.8, 4) is 0 Å². The summed E-state index contributed by atoms with van der Waals surface area (Å²) in [5, 5.41) is 14.8. The van der Waals surface area contributed by atoms with Crippen molar-refractivity contribution >= 4 is 51.5 Å². The largest absolute Gasteiger partial charge is 0.476 e. The Kier molecular flexibility index (Phi) is 3.93. The minimum absolute atomic E-state index is 0.0686. The van der Waals surface area contributed by atoms with Gasteiger partial charge >= 0.3 is 5.97 Å². The third-order valence-electron chi connectivity index (χ3n) is 4.75. The lowest BCUT2D eigenvalue weighted by Crippen LogP contribution is -2.34. The van der Waals surface area contributed by atoms with E-state index < -0.39 is 5.97 Å². The number of H-pyrrole nitrogens is 1. The fourth-order valence-corrected chi connectivity index (χ4v) is 4.59. The first-order valence-corrected chi connectivity index (χ1v) is 9.28. The average Bonchev–Trinajstić information content (AvgIpc) is 3.02. The van der Waals surface area contributed by atoms with Crippen LogP contribution in [0.1, 0.15) is 26.7 Å². The van der Waals surface area contributed by atoms with E-state index in [2.05, 4.69) is 20.2 Å². The Hall–Kier alpha value is -1.77. The summed E-state index contributed by atoms with van der Waals surface area (Å²) >= 11 is 13.4. The number of aryl methyl sites for hydroxylation is 1. The van der Waals surface area contributed by atoms with Crippen LogP contribution in [-0.4, -0.2) is 46.1 Å². The molecule has 1 saturated heterocycles. The summed E-state index contributed by atoms with van der Waals surface area (Å²) in [5.41, 5.74) is 1.02. The molecule has 1 aliphatic heterocycles. The lowest BCUT2D eigenvalue weighted by atomic mass is 10.3. The summed E-state index contributed by atoms with van der Waals surface area (Å²) in [5.74, 6) is -0.597. The number of hydrogen-bond acceptors (Lipinski definition) is 5. The summed E-state index contributed by atoms with van der Waals surface area (Å²) in [6.45, 7) is 3.26. The third-order valence-corrected chi connectivity index (χ3v) is 6.60. The van der Waals surface area contributed by atoms with Gasteiger partial charge in [0, 0.05) is 42.0 Å². The Labute approximate surface area is 156 Å². The zero-order valence-electron chi connectivity index (χ0n) is 13.0. The number of piperidine rings is 1. The molecule has 2 aliphatic rings. The van der Waals surface area contributed by atoms with Crippen molar-refractivity contribution in [2.75, 3.05) is 18.0 Å². The number of halogens is 2. The zero-order chi connectivity index (χ0) is 17.9. The number of carboxylic acids is 1. The second-order valence-electron chi connectivity index (χ2n) is 6.31. The number of aromatic nitrogens is 2. The maximum absolute atomic E-state index is 12.4. The van der Waals surface area contributed by atoms with E-state index in [1.165, 1.54) is 11.3 Å². The van der Waals surface area contributed by atoms with Gasteiger partial charge in [0.25, 0.3) is 5.91 Å². The van der Waals surface area contributed by atoms with Gasteiger partial charge in [-0.3, -0.25) is 4.79 Å². The third kappa shape index (κ3) is 2.78. The lowest BCUT2D eigenvalue weighted by molar-refractivity contribution is 0.0691. The van der Waals surface area contributed by atoms with E-state index in [0.717, 1.165) is 13.1 Å². The minimum Gasteiger partial charge on any atom is -0.476 e. The van der Waals surface area contributed by atoms with Crippen molar-refractivity contribution < 1.29 is 14.7 Å². The summed E-state index contributed by atoms with van der Waals surface area (Å²) in [6.07, 6.45) is 0. The second kappa shape index (κ2) is 5.89. The van der Waals surface area contributed by atoms with Crippen molar-refractivity contribution in [2.45, 2.75) is 13.0 Å². The second-order valence-corrected chi connectivity index (χ2v) is 7.90. The van der Waals surface area contributed by atoms with Crippen LogP contribution in [0.15, 0.2) is 5.38 Å². The number of hydrogen-bond donors (Lipinski definition) is 3. The fourth-order valence-electron chi connectivity index (χ4n) is 3.36.